The zero-order chi connectivity index (χ0) is 11.0. The summed E-state index contributed by atoms with van der Waals surface area (Å²) in [6.07, 6.45) is 0. The van der Waals surface area contributed by atoms with Crippen LogP contribution >= 0.6 is 12.4 Å². The third kappa shape index (κ3) is 1.72. The third-order valence-corrected chi connectivity index (χ3v) is 2.51. The maximum atomic E-state index is 11.5. The molecule has 0 aliphatic heterocycles. The summed E-state index contributed by atoms with van der Waals surface area (Å²) in [5.41, 5.74) is 1.87. The van der Waals surface area contributed by atoms with Gasteiger partial charge in [-0.15, -0.1) is 12.4 Å². The van der Waals surface area contributed by atoms with Gasteiger partial charge in [0.2, 0.25) is 5.69 Å². The van der Waals surface area contributed by atoms with E-state index in [1.165, 1.54) is 0 Å². The minimum absolute atomic E-state index is 0. The van der Waals surface area contributed by atoms with E-state index in [-0.39, 0.29) is 18.2 Å². The van der Waals surface area contributed by atoms with Crippen LogP contribution in [-0.2, 0) is 0 Å². The molecule has 0 saturated heterocycles. The fourth-order valence-corrected chi connectivity index (χ4v) is 1.67. The van der Waals surface area contributed by atoms with Crippen molar-refractivity contribution in [1.82, 2.24) is 4.73 Å². The quantitative estimate of drug-likeness (QED) is 0.471. The second-order valence-electron chi connectivity index (χ2n) is 3.45. The second kappa shape index (κ2) is 4.45. The Hall–Kier alpha value is -1.68. The molecule has 0 saturated carbocycles. The number of nitrogens with zero attached hydrogens (tertiary/aromatic N) is 2. The molecule has 0 atom stereocenters. The lowest BCUT2D eigenvalue weighted by Crippen LogP contribution is -2.31. The molecule has 1 N–H and O–H groups in total. The molecule has 0 aliphatic carbocycles. The summed E-state index contributed by atoms with van der Waals surface area (Å²) < 4.78 is 1.65. The highest BCUT2D eigenvalue weighted by atomic mass is 35.5. The van der Waals surface area contributed by atoms with Crippen LogP contribution in [0.15, 0.2) is 30.3 Å². The molecule has 0 radical (unpaired) electrons. The third-order valence-electron chi connectivity index (χ3n) is 2.51. The zero-order valence-electron chi connectivity index (χ0n) is 9.04. The van der Waals surface area contributed by atoms with Crippen molar-refractivity contribution in [2.24, 2.45) is 0 Å². The van der Waals surface area contributed by atoms with E-state index in [2.05, 4.69) is 0 Å². The molecule has 0 spiro atoms. The van der Waals surface area contributed by atoms with Crippen LogP contribution in [0.1, 0.15) is 11.5 Å². The normalized spacial score (nSPS) is 9.88. The summed E-state index contributed by atoms with van der Waals surface area (Å²) in [6.45, 7) is 3.27. The average Bonchev–Trinajstić information content (AvgIpc) is 2.45. The Morgan fingerprint density at radius 2 is 1.75 bits per heavy atom. The van der Waals surface area contributed by atoms with Gasteiger partial charge in [0.1, 0.15) is 0 Å². The SMILES string of the molecule is Cc1c(-c2ccccc2)n(O)c(C)[n+]1[O-].Cl. The maximum Gasteiger partial charge on any atom is 0.297 e. The van der Waals surface area contributed by atoms with Gasteiger partial charge in [-0.1, -0.05) is 30.3 Å². The molecule has 0 fully saturated rings. The van der Waals surface area contributed by atoms with Crippen LogP contribution in [0.5, 0.6) is 0 Å². The van der Waals surface area contributed by atoms with Gasteiger partial charge >= 0.3 is 0 Å². The van der Waals surface area contributed by atoms with Crippen molar-refractivity contribution < 1.29 is 9.94 Å². The Bertz CT molecular complexity index is 469. The Labute approximate surface area is 99.7 Å². The van der Waals surface area contributed by atoms with Gasteiger partial charge in [0, 0.05) is 19.4 Å². The van der Waals surface area contributed by atoms with Crippen molar-refractivity contribution in [3.63, 3.8) is 0 Å². The molecule has 1 aromatic carbocycles. The first-order valence-corrected chi connectivity index (χ1v) is 4.69. The van der Waals surface area contributed by atoms with Gasteiger partial charge in [-0.05, 0) is 4.73 Å². The molecule has 0 aliphatic rings. The van der Waals surface area contributed by atoms with E-state index in [0.29, 0.717) is 11.4 Å². The van der Waals surface area contributed by atoms with Gasteiger partial charge in [-0.3, -0.25) is 0 Å². The molecule has 2 rings (SSSR count). The average molecular weight is 241 g/mol. The van der Waals surface area contributed by atoms with Gasteiger partial charge in [-0.25, -0.2) is 4.73 Å². The van der Waals surface area contributed by atoms with E-state index in [0.717, 1.165) is 15.0 Å². The van der Waals surface area contributed by atoms with E-state index < -0.39 is 0 Å². The van der Waals surface area contributed by atoms with Crippen LogP contribution in [0.2, 0.25) is 0 Å². The lowest BCUT2D eigenvalue weighted by Gasteiger charge is -1.99. The van der Waals surface area contributed by atoms with E-state index in [1.807, 2.05) is 30.3 Å². The smallest absolute Gasteiger partial charge is 0.297 e. The van der Waals surface area contributed by atoms with Crippen LogP contribution in [0.25, 0.3) is 11.3 Å². The number of hydrogen-bond donors (Lipinski definition) is 1. The second-order valence-corrected chi connectivity index (χ2v) is 3.45. The van der Waals surface area contributed by atoms with Crippen molar-refractivity contribution in [2.45, 2.75) is 13.8 Å². The Morgan fingerprint density at radius 3 is 2.19 bits per heavy atom. The van der Waals surface area contributed by atoms with Crippen LogP contribution in [-0.4, -0.2) is 9.94 Å². The first-order valence-electron chi connectivity index (χ1n) is 4.69. The summed E-state index contributed by atoms with van der Waals surface area (Å²) in [5.74, 6) is 0.270. The summed E-state index contributed by atoms with van der Waals surface area (Å²) in [6, 6.07) is 9.34. The highest BCUT2D eigenvalue weighted by Crippen LogP contribution is 2.21. The minimum Gasteiger partial charge on any atom is -0.710 e. The van der Waals surface area contributed by atoms with Crippen LogP contribution in [0.3, 0.4) is 0 Å². The molecule has 0 amide bonds. The van der Waals surface area contributed by atoms with Crippen molar-refractivity contribution in [3.05, 3.63) is 47.1 Å². The van der Waals surface area contributed by atoms with E-state index >= 15 is 0 Å². The lowest BCUT2D eigenvalue weighted by atomic mass is 10.1. The number of imidazole rings is 1. The number of aromatic nitrogens is 2. The maximum absolute atomic E-state index is 11.5. The van der Waals surface area contributed by atoms with Crippen LogP contribution in [0, 0.1) is 19.1 Å². The van der Waals surface area contributed by atoms with Gasteiger partial charge in [0.25, 0.3) is 5.82 Å². The summed E-state index contributed by atoms with van der Waals surface area (Å²) in [7, 11) is 0. The van der Waals surface area contributed by atoms with E-state index in [1.54, 1.807) is 13.8 Å². The number of benzene rings is 1. The molecule has 4 nitrogen and oxygen atoms in total. The van der Waals surface area contributed by atoms with Crippen LogP contribution < -0.4 is 4.73 Å². The van der Waals surface area contributed by atoms with Crippen molar-refractivity contribution in [2.75, 3.05) is 0 Å². The highest BCUT2D eigenvalue weighted by molar-refractivity contribution is 5.85. The zero-order valence-corrected chi connectivity index (χ0v) is 9.86. The topological polar surface area (TPSA) is 52.1 Å². The Morgan fingerprint density at radius 1 is 1.19 bits per heavy atom. The van der Waals surface area contributed by atoms with Crippen molar-refractivity contribution in [1.29, 1.82) is 0 Å². The number of hydrogen-bond acceptors (Lipinski definition) is 2. The molecule has 86 valence electrons. The van der Waals surface area contributed by atoms with Crippen LogP contribution in [0.4, 0.5) is 0 Å². The predicted octanol–water partition coefficient (Wildman–Crippen LogP) is 2.06. The molecule has 1 aromatic heterocycles. The predicted molar refractivity (Wildman–Crippen MR) is 62.7 cm³/mol. The first kappa shape index (κ1) is 12.4. The molecular weight excluding hydrogens is 228 g/mol. The molecule has 16 heavy (non-hydrogen) atoms. The van der Waals surface area contributed by atoms with Gasteiger partial charge < -0.3 is 10.4 Å². The first-order chi connectivity index (χ1) is 7.13. The van der Waals surface area contributed by atoms with Crippen molar-refractivity contribution >= 4 is 12.4 Å². The van der Waals surface area contributed by atoms with Crippen molar-refractivity contribution in [3.8, 4) is 11.3 Å². The molecule has 0 unspecified atom stereocenters. The summed E-state index contributed by atoms with van der Waals surface area (Å²) in [4.78, 5) is 0. The molecule has 2 aromatic rings. The fourth-order valence-electron chi connectivity index (χ4n) is 1.67. The monoisotopic (exact) mass is 240 g/mol. The summed E-state index contributed by atoms with van der Waals surface area (Å²) >= 11 is 0. The fraction of sp³-hybridized carbons (Fsp3) is 0.182. The molecule has 5 heteroatoms. The largest absolute Gasteiger partial charge is 0.710 e. The Kier molecular flexibility index (Phi) is 3.44. The van der Waals surface area contributed by atoms with E-state index in [4.69, 9.17) is 0 Å². The summed E-state index contributed by atoms with van der Waals surface area (Å²) in [5, 5.41) is 21.3. The number of halogens is 1. The minimum atomic E-state index is 0. The van der Waals surface area contributed by atoms with Gasteiger partial charge in [0.05, 0.1) is 0 Å². The number of rotatable bonds is 1. The molecule has 0 bridgehead atoms. The van der Waals surface area contributed by atoms with Gasteiger partial charge in [0.15, 0.2) is 5.69 Å². The molecular formula is C11H13ClN2O2. The standard InChI is InChI=1S/C11H12N2O2.ClH/c1-8-11(10-6-4-3-5-7-10)13(15)9(2)12(8)14;/h3-7,15H,1-2H3;1H. The Balaban J connectivity index is 0.00000128. The highest BCUT2D eigenvalue weighted by Gasteiger charge is 2.22. The van der Waals surface area contributed by atoms with E-state index in [9.17, 15) is 10.4 Å². The van der Waals surface area contributed by atoms with Gasteiger partial charge in [-0.2, -0.15) is 0 Å². The molecule has 1 heterocycles. The lowest BCUT2D eigenvalue weighted by molar-refractivity contribution is -0.619.